The van der Waals surface area contributed by atoms with Crippen molar-refractivity contribution in [1.29, 1.82) is 0 Å². The maximum atomic E-state index is 12.3. The topological polar surface area (TPSA) is 147 Å². The number of allylic oxidation sites excluding steroid dienone is 2. The quantitative estimate of drug-likeness (QED) is 0.396. The molecule has 0 aromatic carbocycles. The van der Waals surface area contributed by atoms with E-state index in [-0.39, 0.29) is 5.56 Å². The van der Waals surface area contributed by atoms with Crippen LogP contribution in [0.5, 0.6) is 0 Å². The first-order valence-corrected chi connectivity index (χ1v) is 9.33. The minimum Gasteiger partial charge on any atom is -0.403 e. The number of hydrogen-bond acceptors (Lipinski definition) is 9. The van der Waals surface area contributed by atoms with E-state index in [1.807, 2.05) is 6.08 Å². The van der Waals surface area contributed by atoms with Crippen LogP contribution in [-0.2, 0) is 4.74 Å². The summed E-state index contributed by atoms with van der Waals surface area (Å²) >= 11 is 0. The summed E-state index contributed by atoms with van der Waals surface area (Å²) in [5.41, 5.74) is 13.0. The molecule has 10 nitrogen and oxygen atoms in total. The van der Waals surface area contributed by atoms with Gasteiger partial charge in [0.25, 0.3) is 5.56 Å². The van der Waals surface area contributed by atoms with Crippen molar-refractivity contribution < 1.29 is 4.74 Å². The number of nitrogens with one attached hydrogen (secondary N) is 3. The Hall–Kier alpha value is -3.37. The standard InChI is InChI=1S/C19H26N8O2/c1-13(27-6-8-29-9-7-27)2-3-14(11-21)25-18-17-15(23-12-24-19(17)28)10-16(26-18)22-5-4-20/h2-3,10-12H,1,4-9,20-21H2,(H2,22,25,26)(H,23,24,28)/b3-2-,14-11+. The average molecular weight is 398 g/mol. The number of nitrogens with zero attached hydrogens (tertiary/aromatic N) is 3. The Balaban J connectivity index is 1.85. The van der Waals surface area contributed by atoms with Crippen molar-refractivity contribution >= 4 is 22.5 Å². The molecule has 154 valence electrons. The predicted molar refractivity (Wildman–Crippen MR) is 114 cm³/mol. The molecule has 0 amide bonds. The van der Waals surface area contributed by atoms with Crippen molar-refractivity contribution in [3.63, 3.8) is 0 Å². The highest BCUT2D eigenvalue weighted by Crippen LogP contribution is 2.21. The van der Waals surface area contributed by atoms with E-state index < -0.39 is 0 Å². The van der Waals surface area contributed by atoms with Crippen LogP contribution in [-0.4, -0.2) is 59.2 Å². The van der Waals surface area contributed by atoms with Gasteiger partial charge in [0, 0.05) is 44.1 Å². The molecule has 0 bridgehead atoms. The van der Waals surface area contributed by atoms with Gasteiger partial charge in [-0.15, -0.1) is 0 Å². The number of fused-ring (bicyclic) bond motifs is 1. The van der Waals surface area contributed by atoms with Crippen molar-refractivity contribution in [3.05, 3.63) is 59.1 Å². The van der Waals surface area contributed by atoms with E-state index in [9.17, 15) is 4.79 Å². The number of hydrogen-bond donors (Lipinski definition) is 5. The molecule has 0 aliphatic carbocycles. The molecule has 0 radical (unpaired) electrons. The van der Waals surface area contributed by atoms with E-state index in [0.717, 1.165) is 18.8 Å². The lowest BCUT2D eigenvalue weighted by Crippen LogP contribution is -2.34. The first-order chi connectivity index (χ1) is 14.1. The van der Waals surface area contributed by atoms with E-state index in [0.29, 0.717) is 54.5 Å². The van der Waals surface area contributed by atoms with Gasteiger partial charge in [-0.2, -0.15) is 0 Å². The number of morpholine rings is 1. The molecule has 0 atom stereocenters. The van der Waals surface area contributed by atoms with E-state index in [1.165, 1.54) is 12.5 Å². The van der Waals surface area contributed by atoms with Crippen LogP contribution in [0.1, 0.15) is 0 Å². The third-order valence-corrected chi connectivity index (χ3v) is 4.39. The molecule has 10 heteroatoms. The van der Waals surface area contributed by atoms with Crippen LogP contribution in [0.4, 0.5) is 11.6 Å². The van der Waals surface area contributed by atoms with Gasteiger partial charge in [0.05, 0.1) is 30.8 Å². The Bertz CT molecular complexity index is 976. The summed E-state index contributed by atoms with van der Waals surface area (Å²) < 4.78 is 5.36. The lowest BCUT2D eigenvalue weighted by atomic mass is 10.2. The molecule has 29 heavy (non-hydrogen) atoms. The van der Waals surface area contributed by atoms with Crippen LogP contribution < -0.4 is 27.7 Å². The van der Waals surface area contributed by atoms with E-state index in [1.54, 1.807) is 12.1 Å². The van der Waals surface area contributed by atoms with Crippen LogP contribution in [0.2, 0.25) is 0 Å². The number of H-pyrrole nitrogens is 1. The van der Waals surface area contributed by atoms with Gasteiger partial charge < -0.3 is 36.7 Å². The van der Waals surface area contributed by atoms with Crippen LogP contribution in [0.15, 0.2) is 53.5 Å². The van der Waals surface area contributed by atoms with Gasteiger partial charge in [0.15, 0.2) is 0 Å². The van der Waals surface area contributed by atoms with Gasteiger partial charge in [0.2, 0.25) is 0 Å². The summed E-state index contributed by atoms with van der Waals surface area (Å²) in [5, 5.41) is 6.55. The fourth-order valence-corrected chi connectivity index (χ4v) is 2.89. The molecule has 3 heterocycles. The van der Waals surface area contributed by atoms with Crippen molar-refractivity contribution in [1.82, 2.24) is 19.9 Å². The average Bonchev–Trinajstić information content (AvgIpc) is 2.75. The highest BCUT2D eigenvalue weighted by molar-refractivity contribution is 5.91. The molecular formula is C19H26N8O2. The van der Waals surface area contributed by atoms with Gasteiger partial charge in [-0.05, 0) is 12.2 Å². The predicted octanol–water partition coefficient (Wildman–Crippen LogP) is 0.303. The van der Waals surface area contributed by atoms with Crippen LogP contribution in [0.3, 0.4) is 0 Å². The first kappa shape index (κ1) is 20.4. The Morgan fingerprint density at radius 1 is 1.38 bits per heavy atom. The molecular weight excluding hydrogens is 372 g/mol. The number of ether oxygens (including phenoxy) is 1. The SMILES string of the molecule is C=C(/C=C\C(=C/N)Nc1nc(NCCN)cc2nc[nH]c(=O)c12)N1CCOCC1. The molecule has 0 spiro atoms. The number of aromatic nitrogens is 3. The maximum Gasteiger partial charge on any atom is 0.262 e. The zero-order valence-electron chi connectivity index (χ0n) is 16.1. The Labute approximate surface area is 168 Å². The van der Waals surface area contributed by atoms with Crippen molar-refractivity contribution in [3.8, 4) is 0 Å². The number of aromatic amines is 1. The largest absolute Gasteiger partial charge is 0.403 e. The van der Waals surface area contributed by atoms with E-state index in [4.69, 9.17) is 16.2 Å². The normalized spacial score (nSPS) is 15.1. The summed E-state index contributed by atoms with van der Waals surface area (Å²) in [6, 6.07) is 1.70. The number of pyridine rings is 1. The smallest absolute Gasteiger partial charge is 0.262 e. The van der Waals surface area contributed by atoms with Crippen LogP contribution in [0.25, 0.3) is 10.9 Å². The molecule has 1 aliphatic heterocycles. The van der Waals surface area contributed by atoms with Gasteiger partial charge in [0.1, 0.15) is 17.0 Å². The summed E-state index contributed by atoms with van der Waals surface area (Å²) in [5.74, 6) is 0.899. The minimum absolute atomic E-state index is 0.298. The zero-order valence-corrected chi connectivity index (χ0v) is 16.1. The molecule has 2 aromatic heterocycles. The Kier molecular flexibility index (Phi) is 6.82. The maximum absolute atomic E-state index is 12.3. The fraction of sp³-hybridized carbons (Fsp3) is 0.316. The molecule has 1 fully saturated rings. The highest BCUT2D eigenvalue weighted by Gasteiger charge is 2.12. The Morgan fingerprint density at radius 2 is 2.17 bits per heavy atom. The zero-order chi connectivity index (χ0) is 20.6. The molecule has 0 unspecified atom stereocenters. The molecule has 2 aromatic rings. The van der Waals surface area contributed by atoms with E-state index >= 15 is 0 Å². The fourth-order valence-electron chi connectivity index (χ4n) is 2.89. The van der Waals surface area contributed by atoms with Gasteiger partial charge in [-0.25, -0.2) is 9.97 Å². The molecule has 7 N–H and O–H groups in total. The summed E-state index contributed by atoms with van der Waals surface area (Å²) in [4.78, 5) is 25.8. The third-order valence-electron chi connectivity index (χ3n) is 4.39. The highest BCUT2D eigenvalue weighted by atomic mass is 16.5. The van der Waals surface area contributed by atoms with Gasteiger partial charge in [-0.3, -0.25) is 4.79 Å². The molecule has 3 rings (SSSR count). The van der Waals surface area contributed by atoms with Gasteiger partial charge in [-0.1, -0.05) is 6.58 Å². The van der Waals surface area contributed by atoms with Crippen molar-refractivity contribution in [2.75, 3.05) is 50.0 Å². The third kappa shape index (κ3) is 5.12. The van der Waals surface area contributed by atoms with E-state index in [2.05, 4.69) is 37.1 Å². The Morgan fingerprint density at radius 3 is 2.90 bits per heavy atom. The molecule has 0 saturated carbocycles. The number of nitrogens with two attached hydrogens (primary N) is 2. The monoisotopic (exact) mass is 398 g/mol. The second-order valence-corrected chi connectivity index (χ2v) is 6.37. The summed E-state index contributed by atoms with van der Waals surface area (Å²) in [7, 11) is 0. The number of rotatable bonds is 8. The molecule has 1 aliphatic rings. The second kappa shape index (κ2) is 9.71. The van der Waals surface area contributed by atoms with Crippen LogP contribution >= 0.6 is 0 Å². The van der Waals surface area contributed by atoms with Crippen molar-refractivity contribution in [2.45, 2.75) is 0 Å². The first-order valence-electron chi connectivity index (χ1n) is 9.33. The van der Waals surface area contributed by atoms with Crippen LogP contribution in [0, 0.1) is 0 Å². The lowest BCUT2D eigenvalue weighted by Gasteiger charge is -2.29. The number of anilines is 2. The molecule has 1 saturated heterocycles. The van der Waals surface area contributed by atoms with Gasteiger partial charge >= 0.3 is 0 Å². The summed E-state index contributed by atoms with van der Waals surface area (Å²) in [6.45, 7) is 8.02. The second-order valence-electron chi connectivity index (χ2n) is 6.37. The lowest BCUT2D eigenvalue weighted by molar-refractivity contribution is 0.0556. The van der Waals surface area contributed by atoms with Crippen molar-refractivity contribution in [2.24, 2.45) is 11.5 Å². The minimum atomic E-state index is -0.298. The summed E-state index contributed by atoms with van der Waals surface area (Å²) in [6.07, 6.45) is 6.41.